The number of nitrogens with zero attached hydrogens (tertiary/aromatic N) is 3. The fraction of sp³-hybridized carbons (Fsp3) is 0.318. The summed E-state index contributed by atoms with van der Waals surface area (Å²) < 4.78 is 1.68. The van der Waals surface area contributed by atoms with Gasteiger partial charge in [-0.2, -0.15) is 0 Å². The summed E-state index contributed by atoms with van der Waals surface area (Å²) in [6, 6.07) is 13.3. The van der Waals surface area contributed by atoms with E-state index >= 15 is 0 Å². The molecule has 0 bridgehead atoms. The Bertz CT molecular complexity index is 993. The van der Waals surface area contributed by atoms with Crippen molar-refractivity contribution in [3.05, 3.63) is 65.7 Å². The first-order chi connectivity index (χ1) is 13.6. The van der Waals surface area contributed by atoms with Crippen LogP contribution in [0.4, 0.5) is 5.69 Å². The summed E-state index contributed by atoms with van der Waals surface area (Å²) in [5.74, 6) is -0.257. The predicted molar refractivity (Wildman–Crippen MR) is 111 cm³/mol. The maximum absolute atomic E-state index is 13.3. The number of aryl methyl sites for hydroxylation is 1. The second-order valence-corrected chi connectivity index (χ2v) is 6.74. The van der Waals surface area contributed by atoms with Gasteiger partial charge in [0.1, 0.15) is 0 Å². The normalized spacial score (nSPS) is 10.8. The topological polar surface area (TPSA) is 66.7 Å². The van der Waals surface area contributed by atoms with Crippen molar-refractivity contribution in [2.24, 2.45) is 0 Å². The van der Waals surface area contributed by atoms with Crippen molar-refractivity contribution in [3.8, 4) is 0 Å². The second-order valence-electron chi connectivity index (χ2n) is 6.74. The number of imidazole rings is 1. The number of nitrogens with one attached hydrogen (secondary N) is 1. The van der Waals surface area contributed by atoms with E-state index in [1.807, 2.05) is 56.3 Å². The Kier molecular flexibility index (Phi) is 6.09. The predicted octanol–water partition coefficient (Wildman–Crippen LogP) is 3.84. The Morgan fingerprint density at radius 3 is 2.68 bits per heavy atom. The molecule has 2 heterocycles. The van der Waals surface area contributed by atoms with E-state index in [9.17, 15) is 9.59 Å². The summed E-state index contributed by atoms with van der Waals surface area (Å²) in [4.78, 5) is 32.0. The van der Waals surface area contributed by atoms with Crippen molar-refractivity contribution < 1.29 is 9.59 Å². The highest BCUT2D eigenvalue weighted by Crippen LogP contribution is 2.21. The van der Waals surface area contributed by atoms with Crippen LogP contribution in [0.5, 0.6) is 0 Å². The largest absolute Gasteiger partial charge is 0.349 e. The molecule has 0 atom stereocenters. The maximum Gasteiger partial charge on any atom is 0.287 e. The molecule has 6 heteroatoms. The number of carbonyl (C=O) groups excluding carboxylic acids is 2. The minimum Gasteiger partial charge on any atom is -0.349 e. The summed E-state index contributed by atoms with van der Waals surface area (Å²) in [5.41, 5.74) is 2.80. The molecule has 0 aliphatic heterocycles. The number of aromatic nitrogens is 2. The highest BCUT2D eigenvalue weighted by Gasteiger charge is 2.25. The molecule has 146 valence electrons. The van der Waals surface area contributed by atoms with Gasteiger partial charge in [-0.1, -0.05) is 31.5 Å². The van der Waals surface area contributed by atoms with Gasteiger partial charge in [-0.15, -0.1) is 0 Å². The van der Waals surface area contributed by atoms with Gasteiger partial charge in [0.2, 0.25) is 5.82 Å². The molecule has 3 rings (SSSR count). The number of fused-ring (bicyclic) bond motifs is 1. The molecule has 0 aliphatic rings. The molecule has 1 aromatic carbocycles. The Morgan fingerprint density at radius 2 is 1.96 bits per heavy atom. The quantitative estimate of drug-likeness (QED) is 0.635. The number of unbranched alkanes of at least 4 members (excludes halogenated alkanes) is 1. The van der Waals surface area contributed by atoms with Crippen LogP contribution in [0.2, 0.25) is 0 Å². The van der Waals surface area contributed by atoms with Crippen molar-refractivity contribution in [1.29, 1.82) is 0 Å². The first-order valence-corrected chi connectivity index (χ1v) is 9.70. The van der Waals surface area contributed by atoms with Gasteiger partial charge in [-0.05, 0) is 50.1 Å². The number of benzene rings is 1. The second kappa shape index (κ2) is 8.69. The monoisotopic (exact) mass is 378 g/mol. The van der Waals surface area contributed by atoms with Crippen LogP contribution in [0.1, 0.15) is 53.4 Å². The Hall–Kier alpha value is -3.15. The molecule has 6 nitrogen and oxygen atoms in total. The summed E-state index contributed by atoms with van der Waals surface area (Å²) in [7, 11) is 0. The SMILES string of the molecule is CCCCNC(=O)c1nc(C(=O)N(CC)c2cccc(C)c2)c2ccccn12. The van der Waals surface area contributed by atoms with Gasteiger partial charge in [-0.3, -0.25) is 14.0 Å². The summed E-state index contributed by atoms with van der Waals surface area (Å²) >= 11 is 0. The van der Waals surface area contributed by atoms with Crippen LogP contribution in [0.3, 0.4) is 0 Å². The fourth-order valence-corrected chi connectivity index (χ4v) is 3.18. The van der Waals surface area contributed by atoms with Gasteiger partial charge in [0.15, 0.2) is 5.69 Å². The van der Waals surface area contributed by atoms with Gasteiger partial charge in [-0.25, -0.2) is 4.98 Å². The third kappa shape index (κ3) is 3.91. The van der Waals surface area contributed by atoms with Crippen LogP contribution in [0, 0.1) is 6.92 Å². The number of hydrogen-bond acceptors (Lipinski definition) is 3. The lowest BCUT2D eigenvalue weighted by molar-refractivity contribution is 0.0942. The molecule has 0 radical (unpaired) electrons. The summed E-state index contributed by atoms with van der Waals surface area (Å²) in [6.07, 6.45) is 3.66. The molecule has 1 N–H and O–H groups in total. The van der Waals surface area contributed by atoms with E-state index < -0.39 is 0 Å². The zero-order valence-electron chi connectivity index (χ0n) is 16.6. The minimum absolute atomic E-state index is 0.218. The molecule has 0 saturated heterocycles. The first kappa shape index (κ1) is 19.6. The Morgan fingerprint density at radius 1 is 1.14 bits per heavy atom. The maximum atomic E-state index is 13.3. The number of hydrogen-bond donors (Lipinski definition) is 1. The molecule has 0 unspecified atom stereocenters. The highest BCUT2D eigenvalue weighted by atomic mass is 16.2. The Labute approximate surface area is 165 Å². The van der Waals surface area contributed by atoms with Gasteiger partial charge in [0.25, 0.3) is 11.8 Å². The zero-order chi connectivity index (χ0) is 20.1. The molecule has 0 spiro atoms. The summed E-state index contributed by atoms with van der Waals surface area (Å²) in [6.45, 7) is 7.08. The smallest absolute Gasteiger partial charge is 0.287 e. The van der Waals surface area contributed by atoms with Crippen molar-refractivity contribution in [3.63, 3.8) is 0 Å². The van der Waals surface area contributed by atoms with Crippen LogP contribution in [-0.4, -0.2) is 34.3 Å². The molecular formula is C22H26N4O2. The van der Waals surface area contributed by atoms with Crippen LogP contribution in [0.25, 0.3) is 5.52 Å². The number of rotatable bonds is 7. The van der Waals surface area contributed by atoms with Crippen LogP contribution in [-0.2, 0) is 0 Å². The van der Waals surface area contributed by atoms with Crippen molar-refractivity contribution >= 4 is 23.0 Å². The molecule has 2 amide bonds. The van der Waals surface area contributed by atoms with Crippen molar-refractivity contribution in [2.45, 2.75) is 33.6 Å². The molecular weight excluding hydrogens is 352 g/mol. The number of carbonyl (C=O) groups is 2. The number of anilines is 1. The van der Waals surface area contributed by atoms with Gasteiger partial charge in [0, 0.05) is 25.0 Å². The van der Waals surface area contributed by atoms with Crippen LogP contribution >= 0.6 is 0 Å². The average molecular weight is 378 g/mol. The zero-order valence-corrected chi connectivity index (χ0v) is 16.6. The van der Waals surface area contributed by atoms with Gasteiger partial charge < -0.3 is 10.2 Å². The number of pyridine rings is 1. The van der Waals surface area contributed by atoms with Gasteiger partial charge >= 0.3 is 0 Å². The standard InChI is InChI=1S/C22H26N4O2/c1-4-6-13-23-21(27)20-24-19(18-12-7-8-14-26(18)20)22(28)25(5-2)17-11-9-10-16(3)15-17/h7-12,14-15H,4-6,13H2,1-3H3,(H,23,27). The van der Waals surface area contributed by atoms with E-state index in [-0.39, 0.29) is 23.3 Å². The lowest BCUT2D eigenvalue weighted by Gasteiger charge is -2.20. The molecule has 0 aliphatic carbocycles. The van der Waals surface area contributed by atoms with E-state index in [1.54, 1.807) is 15.5 Å². The van der Waals surface area contributed by atoms with E-state index in [1.165, 1.54) is 0 Å². The fourth-order valence-electron chi connectivity index (χ4n) is 3.18. The van der Waals surface area contributed by atoms with Crippen molar-refractivity contribution in [1.82, 2.24) is 14.7 Å². The van der Waals surface area contributed by atoms with Crippen LogP contribution < -0.4 is 10.2 Å². The first-order valence-electron chi connectivity index (χ1n) is 9.70. The van der Waals surface area contributed by atoms with Gasteiger partial charge in [0.05, 0.1) is 5.52 Å². The lowest BCUT2D eigenvalue weighted by atomic mass is 10.2. The van der Waals surface area contributed by atoms with E-state index in [4.69, 9.17) is 0 Å². The number of amides is 2. The molecule has 0 saturated carbocycles. The van der Waals surface area contributed by atoms with Crippen LogP contribution in [0.15, 0.2) is 48.7 Å². The average Bonchev–Trinajstić information content (AvgIpc) is 3.08. The minimum atomic E-state index is -0.271. The third-order valence-corrected chi connectivity index (χ3v) is 4.64. The molecule has 0 fully saturated rings. The summed E-state index contributed by atoms with van der Waals surface area (Å²) in [5, 5.41) is 2.88. The molecule has 2 aromatic heterocycles. The van der Waals surface area contributed by atoms with E-state index in [0.29, 0.717) is 18.6 Å². The Balaban J connectivity index is 2.00. The highest BCUT2D eigenvalue weighted by molar-refractivity contribution is 6.10. The van der Waals surface area contributed by atoms with Crippen molar-refractivity contribution in [2.75, 3.05) is 18.0 Å². The van der Waals surface area contributed by atoms with E-state index in [0.717, 1.165) is 24.1 Å². The molecule has 28 heavy (non-hydrogen) atoms. The molecule has 3 aromatic rings. The van der Waals surface area contributed by atoms with E-state index in [2.05, 4.69) is 17.2 Å². The third-order valence-electron chi connectivity index (χ3n) is 4.64. The lowest BCUT2D eigenvalue weighted by Crippen LogP contribution is -2.31.